The molecular formula is C17H12N2O. The highest BCUT2D eigenvalue weighted by atomic mass is 16.5. The summed E-state index contributed by atoms with van der Waals surface area (Å²) in [5.74, 6) is 1.39. The van der Waals surface area contributed by atoms with E-state index in [1.165, 1.54) is 0 Å². The van der Waals surface area contributed by atoms with Gasteiger partial charge in [0.25, 0.3) is 0 Å². The zero-order valence-electron chi connectivity index (χ0n) is 11.0. The quantitative estimate of drug-likeness (QED) is 0.693. The standard InChI is InChI=1S/C17H12N2O/c1-12-8-15(7-6-14(12)10-18)20-16-9-13-4-2-3-5-17(13)19-11-16/h2-9,11H,1H3. The van der Waals surface area contributed by atoms with Crippen molar-refractivity contribution < 1.29 is 4.74 Å². The number of fused-ring (bicyclic) bond motifs is 1. The fraction of sp³-hybridized carbons (Fsp3) is 0.0588. The summed E-state index contributed by atoms with van der Waals surface area (Å²) in [6.45, 7) is 1.89. The average molecular weight is 260 g/mol. The van der Waals surface area contributed by atoms with Crippen LogP contribution in [0.3, 0.4) is 0 Å². The van der Waals surface area contributed by atoms with E-state index in [9.17, 15) is 0 Å². The molecule has 0 saturated heterocycles. The number of benzene rings is 2. The molecule has 3 nitrogen and oxygen atoms in total. The molecule has 3 rings (SSSR count). The minimum atomic E-state index is 0.661. The Labute approximate surface area is 117 Å². The molecule has 0 bridgehead atoms. The number of hydrogen-bond acceptors (Lipinski definition) is 3. The van der Waals surface area contributed by atoms with Gasteiger partial charge in [0.2, 0.25) is 0 Å². The first-order valence-corrected chi connectivity index (χ1v) is 6.30. The van der Waals surface area contributed by atoms with Crippen molar-refractivity contribution in [2.45, 2.75) is 6.92 Å². The summed E-state index contributed by atoms with van der Waals surface area (Å²) in [5.41, 5.74) is 2.50. The number of hydrogen-bond donors (Lipinski definition) is 0. The third-order valence-corrected chi connectivity index (χ3v) is 3.12. The van der Waals surface area contributed by atoms with E-state index >= 15 is 0 Å². The number of pyridine rings is 1. The van der Waals surface area contributed by atoms with Crippen molar-refractivity contribution in [3.05, 3.63) is 65.9 Å². The van der Waals surface area contributed by atoms with E-state index in [1.807, 2.05) is 43.3 Å². The SMILES string of the molecule is Cc1cc(Oc2cnc3ccccc3c2)ccc1C#N. The molecule has 3 aromatic rings. The van der Waals surface area contributed by atoms with Gasteiger partial charge >= 0.3 is 0 Å². The van der Waals surface area contributed by atoms with Gasteiger partial charge in [-0.3, -0.25) is 4.98 Å². The number of nitriles is 1. The zero-order chi connectivity index (χ0) is 13.9. The molecule has 0 atom stereocenters. The Morgan fingerprint density at radius 3 is 2.70 bits per heavy atom. The van der Waals surface area contributed by atoms with E-state index in [-0.39, 0.29) is 0 Å². The van der Waals surface area contributed by atoms with Gasteiger partial charge in [-0.15, -0.1) is 0 Å². The molecule has 0 amide bonds. The smallest absolute Gasteiger partial charge is 0.146 e. The van der Waals surface area contributed by atoms with Crippen LogP contribution in [0, 0.1) is 18.3 Å². The summed E-state index contributed by atoms with van der Waals surface area (Å²) in [4.78, 5) is 4.36. The van der Waals surface area contributed by atoms with Crippen LogP contribution in [-0.4, -0.2) is 4.98 Å². The highest BCUT2D eigenvalue weighted by Gasteiger charge is 2.03. The Balaban J connectivity index is 1.93. The molecule has 1 heterocycles. The summed E-state index contributed by atoms with van der Waals surface area (Å²) in [7, 11) is 0. The lowest BCUT2D eigenvalue weighted by Crippen LogP contribution is -1.89. The number of aromatic nitrogens is 1. The minimum absolute atomic E-state index is 0.661. The Hall–Kier alpha value is -2.86. The summed E-state index contributed by atoms with van der Waals surface area (Å²) < 4.78 is 5.79. The molecule has 0 saturated carbocycles. The Bertz CT molecular complexity index is 819. The molecule has 2 aromatic carbocycles. The Morgan fingerprint density at radius 2 is 1.90 bits per heavy atom. The van der Waals surface area contributed by atoms with Gasteiger partial charge in [0.1, 0.15) is 11.5 Å². The predicted molar refractivity (Wildman–Crippen MR) is 77.7 cm³/mol. The summed E-state index contributed by atoms with van der Waals surface area (Å²) in [5, 5.41) is 9.95. The maximum Gasteiger partial charge on any atom is 0.146 e. The van der Waals surface area contributed by atoms with Crippen LogP contribution in [0.15, 0.2) is 54.7 Å². The molecule has 3 heteroatoms. The first kappa shape index (κ1) is 12.2. The van der Waals surface area contributed by atoms with Crippen molar-refractivity contribution >= 4 is 10.9 Å². The van der Waals surface area contributed by atoms with E-state index < -0.39 is 0 Å². The predicted octanol–water partition coefficient (Wildman–Crippen LogP) is 4.21. The molecule has 0 aliphatic heterocycles. The van der Waals surface area contributed by atoms with Gasteiger partial charge < -0.3 is 4.74 Å². The highest BCUT2D eigenvalue weighted by Crippen LogP contribution is 2.25. The van der Waals surface area contributed by atoms with Crippen LogP contribution in [0.1, 0.15) is 11.1 Å². The molecule has 20 heavy (non-hydrogen) atoms. The van der Waals surface area contributed by atoms with Crippen molar-refractivity contribution in [1.82, 2.24) is 4.98 Å². The van der Waals surface area contributed by atoms with Gasteiger partial charge in [-0.25, -0.2) is 0 Å². The van der Waals surface area contributed by atoms with E-state index in [0.717, 1.165) is 16.5 Å². The topological polar surface area (TPSA) is 45.9 Å². The van der Waals surface area contributed by atoms with Crippen LogP contribution in [0.2, 0.25) is 0 Å². The third kappa shape index (κ3) is 2.32. The van der Waals surface area contributed by atoms with Gasteiger partial charge in [-0.1, -0.05) is 18.2 Å². The number of aryl methyl sites for hydroxylation is 1. The van der Waals surface area contributed by atoms with E-state index in [2.05, 4.69) is 11.1 Å². The van der Waals surface area contributed by atoms with E-state index in [1.54, 1.807) is 18.3 Å². The lowest BCUT2D eigenvalue weighted by molar-refractivity contribution is 0.481. The number of rotatable bonds is 2. The summed E-state index contributed by atoms with van der Waals surface area (Å²) in [6.07, 6.45) is 1.70. The van der Waals surface area contributed by atoms with Crippen LogP contribution in [0.4, 0.5) is 0 Å². The van der Waals surface area contributed by atoms with Crippen molar-refractivity contribution in [2.75, 3.05) is 0 Å². The lowest BCUT2D eigenvalue weighted by Gasteiger charge is -2.07. The van der Waals surface area contributed by atoms with E-state index in [0.29, 0.717) is 17.1 Å². The lowest BCUT2D eigenvalue weighted by atomic mass is 10.1. The van der Waals surface area contributed by atoms with Crippen LogP contribution in [0.5, 0.6) is 11.5 Å². The molecule has 96 valence electrons. The molecule has 0 unspecified atom stereocenters. The monoisotopic (exact) mass is 260 g/mol. The van der Waals surface area contributed by atoms with Crippen LogP contribution in [-0.2, 0) is 0 Å². The van der Waals surface area contributed by atoms with Crippen molar-refractivity contribution in [3.8, 4) is 17.6 Å². The molecule has 1 aromatic heterocycles. The van der Waals surface area contributed by atoms with Gasteiger partial charge in [-0.2, -0.15) is 5.26 Å². The molecular weight excluding hydrogens is 248 g/mol. The fourth-order valence-corrected chi connectivity index (χ4v) is 2.07. The second-order valence-corrected chi connectivity index (χ2v) is 4.55. The summed E-state index contributed by atoms with van der Waals surface area (Å²) in [6, 6.07) is 17.4. The average Bonchev–Trinajstić information content (AvgIpc) is 2.47. The van der Waals surface area contributed by atoms with Crippen molar-refractivity contribution in [1.29, 1.82) is 5.26 Å². The number of nitrogens with zero attached hydrogens (tertiary/aromatic N) is 2. The van der Waals surface area contributed by atoms with Crippen LogP contribution < -0.4 is 4.74 Å². The minimum Gasteiger partial charge on any atom is -0.456 e. The maximum atomic E-state index is 8.92. The number of para-hydroxylation sites is 1. The molecule has 0 fully saturated rings. The third-order valence-electron chi connectivity index (χ3n) is 3.12. The molecule has 0 N–H and O–H groups in total. The molecule has 0 aliphatic carbocycles. The second-order valence-electron chi connectivity index (χ2n) is 4.55. The number of ether oxygens (including phenoxy) is 1. The maximum absolute atomic E-state index is 8.92. The van der Waals surface area contributed by atoms with Gasteiger partial charge in [0.15, 0.2) is 0 Å². The van der Waals surface area contributed by atoms with E-state index in [4.69, 9.17) is 10.00 Å². The zero-order valence-corrected chi connectivity index (χ0v) is 11.0. The Morgan fingerprint density at radius 1 is 1.05 bits per heavy atom. The summed E-state index contributed by atoms with van der Waals surface area (Å²) >= 11 is 0. The fourth-order valence-electron chi connectivity index (χ4n) is 2.07. The molecule has 0 aliphatic rings. The highest BCUT2D eigenvalue weighted by molar-refractivity contribution is 5.79. The van der Waals surface area contributed by atoms with Crippen LogP contribution >= 0.6 is 0 Å². The van der Waals surface area contributed by atoms with Crippen molar-refractivity contribution in [2.24, 2.45) is 0 Å². The molecule has 0 radical (unpaired) electrons. The second kappa shape index (κ2) is 5.02. The van der Waals surface area contributed by atoms with Gasteiger partial charge in [0, 0.05) is 5.39 Å². The van der Waals surface area contributed by atoms with Gasteiger partial charge in [0.05, 0.1) is 23.3 Å². The van der Waals surface area contributed by atoms with Crippen molar-refractivity contribution in [3.63, 3.8) is 0 Å². The van der Waals surface area contributed by atoms with Gasteiger partial charge in [-0.05, 0) is 42.8 Å². The van der Waals surface area contributed by atoms with Crippen LogP contribution in [0.25, 0.3) is 10.9 Å². The first-order valence-electron chi connectivity index (χ1n) is 6.30. The first-order chi connectivity index (χ1) is 9.76. The molecule has 0 spiro atoms. The largest absolute Gasteiger partial charge is 0.456 e. The Kier molecular flexibility index (Phi) is 3.06. The normalized spacial score (nSPS) is 10.2.